The van der Waals surface area contributed by atoms with E-state index in [1.807, 2.05) is 11.8 Å². The van der Waals surface area contributed by atoms with Crippen molar-refractivity contribution in [3.8, 4) is 5.75 Å². The van der Waals surface area contributed by atoms with E-state index >= 15 is 0 Å². The summed E-state index contributed by atoms with van der Waals surface area (Å²) in [6.45, 7) is 3.66. The first-order valence-corrected chi connectivity index (χ1v) is 6.54. The zero-order valence-corrected chi connectivity index (χ0v) is 11.0. The molecular formula is C13H19N3O3. The van der Waals surface area contributed by atoms with E-state index in [0.717, 1.165) is 19.4 Å². The number of piperidine rings is 1. The summed E-state index contributed by atoms with van der Waals surface area (Å²) in [4.78, 5) is 12.9. The molecule has 0 bridgehead atoms. The van der Waals surface area contributed by atoms with Gasteiger partial charge >= 0.3 is 5.69 Å². The van der Waals surface area contributed by atoms with Gasteiger partial charge in [0.05, 0.1) is 11.5 Å². The molecule has 2 rings (SSSR count). The maximum Gasteiger partial charge on any atom is 0.333 e. The average molecular weight is 265 g/mol. The number of anilines is 1. The van der Waals surface area contributed by atoms with Gasteiger partial charge in [-0.2, -0.15) is 0 Å². The third-order valence-corrected chi connectivity index (χ3v) is 3.26. The van der Waals surface area contributed by atoms with Crippen molar-refractivity contribution in [1.29, 1.82) is 0 Å². The number of hydrogen-bond acceptors (Lipinski definition) is 5. The number of hydrogen-bond donors (Lipinski definition) is 1. The van der Waals surface area contributed by atoms with Crippen LogP contribution in [0.5, 0.6) is 5.75 Å². The normalized spacial score (nSPS) is 19.3. The Labute approximate surface area is 112 Å². The Bertz CT molecular complexity index is 464. The molecule has 6 nitrogen and oxygen atoms in total. The Balaban J connectivity index is 2.38. The number of nitro groups is 1. The lowest BCUT2D eigenvalue weighted by Crippen LogP contribution is -2.43. The predicted molar refractivity (Wildman–Crippen MR) is 73.7 cm³/mol. The van der Waals surface area contributed by atoms with Crippen molar-refractivity contribution in [2.24, 2.45) is 5.73 Å². The van der Waals surface area contributed by atoms with Crippen LogP contribution in [-0.2, 0) is 0 Å². The van der Waals surface area contributed by atoms with Gasteiger partial charge in [-0.1, -0.05) is 6.07 Å². The second-order valence-electron chi connectivity index (χ2n) is 4.66. The highest BCUT2D eigenvalue weighted by Crippen LogP contribution is 2.38. The van der Waals surface area contributed by atoms with Crippen LogP contribution in [0.4, 0.5) is 11.4 Å². The first kappa shape index (κ1) is 13.6. The van der Waals surface area contributed by atoms with Crippen LogP contribution in [0.15, 0.2) is 18.2 Å². The molecular weight excluding hydrogens is 246 g/mol. The molecule has 1 saturated heterocycles. The maximum atomic E-state index is 11.3. The van der Waals surface area contributed by atoms with Gasteiger partial charge in [-0.05, 0) is 31.9 Å². The largest absolute Gasteiger partial charge is 0.487 e. The monoisotopic (exact) mass is 265 g/mol. The lowest BCUT2D eigenvalue weighted by atomic mass is 10.1. The SMILES string of the molecule is CCOc1cccc(N2CCCC(N)C2)c1[N+](=O)[O-]. The van der Waals surface area contributed by atoms with E-state index in [0.29, 0.717) is 24.6 Å². The minimum atomic E-state index is -0.375. The third-order valence-electron chi connectivity index (χ3n) is 3.26. The van der Waals surface area contributed by atoms with E-state index in [9.17, 15) is 10.1 Å². The van der Waals surface area contributed by atoms with E-state index in [4.69, 9.17) is 10.5 Å². The third kappa shape index (κ3) is 2.96. The molecule has 1 unspecified atom stereocenters. The summed E-state index contributed by atoms with van der Waals surface area (Å²) in [6.07, 6.45) is 1.92. The van der Waals surface area contributed by atoms with Gasteiger partial charge in [-0.15, -0.1) is 0 Å². The van der Waals surface area contributed by atoms with Gasteiger partial charge in [0.15, 0.2) is 5.75 Å². The topological polar surface area (TPSA) is 81.6 Å². The summed E-state index contributed by atoms with van der Waals surface area (Å²) in [7, 11) is 0. The van der Waals surface area contributed by atoms with Gasteiger partial charge in [0.25, 0.3) is 0 Å². The van der Waals surface area contributed by atoms with Crippen LogP contribution in [0.2, 0.25) is 0 Å². The average Bonchev–Trinajstić information content (AvgIpc) is 2.38. The minimum absolute atomic E-state index is 0.0402. The minimum Gasteiger partial charge on any atom is -0.487 e. The van der Waals surface area contributed by atoms with Crippen LogP contribution in [0.1, 0.15) is 19.8 Å². The first-order chi connectivity index (χ1) is 9.13. The van der Waals surface area contributed by atoms with Crippen molar-refractivity contribution in [3.05, 3.63) is 28.3 Å². The summed E-state index contributed by atoms with van der Waals surface area (Å²) >= 11 is 0. The molecule has 19 heavy (non-hydrogen) atoms. The van der Waals surface area contributed by atoms with E-state index in [1.165, 1.54) is 0 Å². The van der Waals surface area contributed by atoms with E-state index in [-0.39, 0.29) is 16.7 Å². The molecule has 0 spiro atoms. The molecule has 1 aliphatic heterocycles. The second-order valence-corrected chi connectivity index (χ2v) is 4.66. The molecule has 0 aromatic heterocycles. The molecule has 0 aliphatic carbocycles. The van der Waals surface area contributed by atoms with Crippen LogP contribution < -0.4 is 15.4 Å². The van der Waals surface area contributed by atoms with Crippen molar-refractivity contribution in [2.75, 3.05) is 24.6 Å². The van der Waals surface area contributed by atoms with Gasteiger partial charge in [-0.3, -0.25) is 10.1 Å². The van der Waals surface area contributed by atoms with Crippen LogP contribution >= 0.6 is 0 Å². The highest BCUT2D eigenvalue weighted by Gasteiger charge is 2.27. The Kier molecular flexibility index (Phi) is 4.21. The summed E-state index contributed by atoms with van der Waals surface area (Å²) in [5.41, 5.74) is 6.59. The number of nitro benzene ring substituents is 1. The van der Waals surface area contributed by atoms with Gasteiger partial charge in [0, 0.05) is 19.1 Å². The molecule has 6 heteroatoms. The lowest BCUT2D eigenvalue weighted by Gasteiger charge is -2.32. The Morgan fingerprint density at radius 3 is 3.00 bits per heavy atom. The molecule has 1 aromatic carbocycles. The molecule has 0 radical (unpaired) electrons. The van der Waals surface area contributed by atoms with E-state index < -0.39 is 0 Å². The molecule has 104 valence electrons. The zero-order valence-electron chi connectivity index (χ0n) is 11.0. The van der Waals surface area contributed by atoms with Crippen molar-refractivity contribution in [1.82, 2.24) is 0 Å². The number of nitrogens with zero attached hydrogens (tertiary/aromatic N) is 2. The molecule has 1 heterocycles. The van der Waals surface area contributed by atoms with Gasteiger partial charge in [0.2, 0.25) is 0 Å². The number of benzene rings is 1. The van der Waals surface area contributed by atoms with E-state index in [1.54, 1.807) is 18.2 Å². The lowest BCUT2D eigenvalue weighted by molar-refractivity contribution is -0.385. The number of rotatable bonds is 4. The smallest absolute Gasteiger partial charge is 0.333 e. The molecule has 1 aromatic rings. The maximum absolute atomic E-state index is 11.3. The fourth-order valence-electron chi connectivity index (χ4n) is 2.45. The fourth-order valence-corrected chi connectivity index (χ4v) is 2.45. The van der Waals surface area contributed by atoms with Crippen LogP contribution in [0, 0.1) is 10.1 Å². The van der Waals surface area contributed by atoms with Crippen molar-refractivity contribution >= 4 is 11.4 Å². The van der Waals surface area contributed by atoms with Crippen LogP contribution in [-0.4, -0.2) is 30.7 Å². The summed E-state index contributed by atoms with van der Waals surface area (Å²) < 4.78 is 5.36. The molecule has 1 atom stereocenters. The zero-order chi connectivity index (χ0) is 13.8. The van der Waals surface area contributed by atoms with Crippen molar-refractivity contribution in [2.45, 2.75) is 25.8 Å². The molecule has 0 amide bonds. The summed E-state index contributed by atoms with van der Waals surface area (Å²) in [5, 5.41) is 11.3. The molecule has 2 N–H and O–H groups in total. The van der Waals surface area contributed by atoms with Gasteiger partial charge in [-0.25, -0.2) is 0 Å². The summed E-state index contributed by atoms with van der Waals surface area (Å²) in [5.74, 6) is 0.323. The van der Waals surface area contributed by atoms with Crippen molar-refractivity contribution in [3.63, 3.8) is 0 Å². The Morgan fingerprint density at radius 1 is 1.58 bits per heavy atom. The number of nitrogens with two attached hydrogens (primary N) is 1. The van der Waals surface area contributed by atoms with E-state index in [2.05, 4.69) is 0 Å². The first-order valence-electron chi connectivity index (χ1n) is 6.54. The number of para-hydroxylation sites is 1. The highest BCUT2D eigenvalue weighted by atomic mass is 16.6. The Morgan fingerprint density at radius 2 is 2.37 bits per heavy atom. The Hall–Kier alpha value is -1.82. The van der Waals surface area contributed by atoms with Crippen LogP contribution in [0.25, 0.3) is 0 Å². The predicted octanol–water partition coefficient (Wildman–Crippen LogP) is 1.92. The number of ether oxygens (including phenoxy) is 1. The molecule has 1 aliphatic rings. The fraction of sp³-hybridized carbons (Fsp3) is 0.538. The highest BCUT2D eigenvalue weighted by molar-refractivity contribution is 5.70. The standard InChI is InChI=1S/C13H19N3O3/c1-2-19-12-7-3-6-11(13(12)16(17)18)15-8-4-5-10(14)9-15/h3,6-7,10H,2,4-5,8-9,14H2,1H3. The molecule has 1 fully saturated rings. The quantitative estimate of drug-likeness (QED) is 0.664. The summed E-state index contributed by atoms with van der Waals surface area (Å²) in [6, 6.07) is 5.25. The van der Waals surface area contributed by atoms with Gasteiger partial charge in [0.1, 0.15) is 5.69 Å². The second kappa shape index (κ2) is 5.88. The van der Waals surface area contributed by atoms with Gasteiger partial charge < -0.3 is 15.4 Å². The molecule has 0 saturated carbocycles. The van der Waals surface area contributed by atoms with Crippen molar-refractivity contribution < 1.29 is 9.66 Å². The van der Waals surface area contributed by atoms with Crippen LogP contribution in [0.3, 0.4) is 0 Å².